The van der Waals surface area contributed by atoms with E-state index in [-0.39, 0.29) is 11.1 Å². The van der Waals surface area contributed by atoms with Crippen molar-refractivity contribution in [1.82, 2.24) is 0 Å². The lowest BCUT2D eigenvalue weighted by Crippen LogP contribution is -2.14. The third kappa shape index (κ3) is 3.58. The summed E-state index contributed by atoms with van der Waals surface area (Å²) in [5, 5.41) is 0. The van der Waals surface area contributed by atoms with E-state index in [1.165, 1.54) is 13.0 Å². The summed E-state index contributed by atoms with van der Waals surface area (Å²) in [5.74, 6) is -0.278. The molecule has 2 rings (SSSR count). The van der Waals surface area contributed by atoms with Crippen LogP contribution in [-0.2, 0) is 0 Å². The first kappa shape index (κ1) is 15.4. The molecule has 112 valence electrons. The van der Waals surface area contributed by atoms with E-state index >= 15 is 0 Å². The molecule has 4 heteroatoms. The molecule has 1 atom stereocenters. The Balaban J connectivity index is 2.31. The first-order valence-electron chi connectivity index (χ1n) is 6.96. The van der Waals surface area contributed by atoms with Gasteiger partial charge in [0.05, 0.1) is 12.6 Å². The number of halogens is 2. The Morgan fingerprint density at radius 2 is 1.90 bits per heavy atom. The summed E-state index contributed by atoms with van der Waals surface area (Å²) in [6.07, 6.45) is 0.897. The Labute approximate surface area is 123 Å². The number of aryl methyl sites for hydroxylation is 1. The van der Waals surface area contributed by atoms with Gasteiger partial charge in [0.15, 0.2) is 0 Å². The molecule has 0 saturated carbocycles. The average Bonchev–Trinajstić information content (AvgIpc) is 2.48. The average molecular weight is 291 g/mol. The molecule has 0 aromatic heterocycles. The molecular weight excluding hydrogens is 272 g/mol. The maximum Gasteiger partial charge on any atom is 0.128 e. The second-order valence-corrected chi connectivity index (χ2v) is 5.02. The minimum Gasteiger partial charge on any atom is -0.494 e. The molecule has 0 saturated heterocycles. The van der Waals surface area contributed by atoms with Gasteiger partial charge >= 0.3 is 0 Å². The molecule has 0 radical (unpaired) electrons. The van der Waals surface area contributed by atoms with Crippen LogP contribution in [-0.4, -0.2) is 6.61 Å². The van der Waals surface area contributed by atoms with Crippen LogP contribution in [0.5, 0.6) is 5.75 Å². The molecule has 0 heterocycles. The molecule has 0 aliphatic rings. The highest BCUT2D eigenvalue weighted by molar-refractivity contribution is 5.38. The Kier molecular flexibility index (Phi) is 4.91. The van der Waals surface area contributed by atoms with Gasteiger partial charge in [-0.25, -0.2) is 8.78 Å². The van der Waals surface area contributed by atoms with E-state index in [1.807, 2.05) is 13.0 Å². The summed E-state index contributed by atoms with van der Waals surface area (Å²) in [4.78, 5) is 0. The maximum atomic E-state index is 14.0. The lowest BCUT2D eigenvalue weighted by Gasteiger charge is -2.15. The van der Waals surface area contributed by atoms with Gasteiger partial charge in [0.25, 0.3) is 0 Å². The van der Waals surface area contributed by atoms with Crippen LogP contribution in [0.1, 0.15) is 36.1 Å². The van der Waals surface area contributed by atoms with Crippen molar-refractivity contribution in [1.29, 1.82) is 0 Å². The van der Waals surface area contributed by atoms with Gasteiger partial charge in [-0.05, 0) is 48.7 Å². The van der Waals surface area contributed by atoms with E-state index in [9.17, 15) is 8.78 Å². The van der Waals surface area contributed by atoms with Crippen molar-refractivity contribution in [2.75, 3.05) is 6.61 Å². The normalized spacial score (nSPS) is 12.2. The molecule has 0 fully saturated rings. The van der Waals surface area contributed by atoms with Crippen LogP contribution in [0.15, 0.2) is 36.4 Å². The second-order valence-electron chi connectivity index (χ2n) is 5.02. The highest BCUT2D eigenvalue weighted by atomic mass is 19.1. The Hall–Kier alpha value is -1.94. The maximum absolute atomic E-state index is 14.0. The standard InChI is InChI=1S/C17H19F2NO/c1-3-7-21-13-6-4-5-12(9-13)17(20)14-10-15(18)11(2)8-16(14)19/h4-6,8-10,17H,3,7,20H2,1-2H3. The van der Waals surface area contributed by atoms with E-state index in [0.717, 1.165) is 12.5 Å². The minimum absolute atomic E-state index is 0.144. The summed E-state index contributed by atoms with van der Waals surface area (Å²) in [6.45, 7) is 4.14. The number of hydrogen-bond acceptors (Lipinski definition) is 2. The quantitative estimate of drug-likeness (QED) is 0.899. The second kappa shape index (κ2) is 6.68. The zero-order valence-corrected chi connectivity index (χ0v) is 12.2. The first-order valence-corrected chi connectivity index (χ1v) is 6.96. The summed E-state index contributed by atoms with van der Waals surface area (Å²) >= 11 is 0. The molecule has 0 aliphatic carbocycles. The van der Waals surface area contributed by atoms with Crippen LogP contribution in [0.2, 0.25) is 0 Å². The molecule has 2 aromatic rings. The van der Waals surface area contributed by atoms with Crippen LogP contribution >= 0.6 is 0 Å². The van der Waals surface area contributed by atoms with Crippen LogP contribution in [0.25, 0.3) is 0 Å². The molecule has 0 spiro atoms. The fraction of sp³-hybridized carbons (Fsp3) is 0.294. The van der Waals surface area contributed by atoms with Gasteiger partial charge in [-0.15, -0.1) is 0 Å². The van der Waals surface area contributed by atoms with Crippen molar-refractivity contribution in [3.63, 3.8) is 0 Å². The van der Waals surface area contributed by atoms with Crippen molar-refractivity contribution in [2.45, 2.75) is 26.3 Å². The zero-order valence-electron chi connectivity index (χ0n) is 12.2. The van der Waals surface area contributed by atoms with E-state index < -0.39 is 17.7 Å². The molecule has 2 nitrogen and oxygen atoms in total. The van der Waals surface area contributed by atoms with E-state index in [0.29, 0.717) is 17.9 Å². The van der Waals surface area contributed by atoms with E-state index in [2.05, 4.69) is 0 Å². The molecule has 0 bridgehead atoms. The zero-order chi connectivity index (χ0) is 15.4. The van der Waals surface area contributed by atoms with Crippen molar-refractivity contribution < 1.29 is 13.5 Å². The first-order chi connectivity index (χ1) is 10.0. The Bertz CT molecular complexity index is 628. The van der Waals surface area contributed by atoms with Gasteiger partial charge in [0, 0.05) is 5.56 Å². The Morgan fingerprint density at radius 1 is 1.14 bits per heavy atom. The van der Waals surface area contributed by atoms with Crippen LogP contribution in [0.4, 0.5) is 8.78 Å². The predicted octanol–water partition coefficient (Wildman–Crippen LogP) is 4.11. The monoisotopic (exact) mass is 291 g/mol. The van der Waals surface area contributed by atoms with Gasteiger partial charge in [0.2, 0.25) is 0 Å². The third-order valence-corrected chi connectivity index (χ3v) is 3.30. The number of hydrogen-bond donors (Lipinski definition) is 1. The summed E-state index contributed by atoms with van der Waals surface area (Å²) in [6, 6.07) is 8.75. The van der Waals surface area contributed by atoms with E-state index in [4.69, 9.17) is 10.5 Å². The molecule has 21 heavy (non-hydrogen) atoms. The van der Waals surface area contributed by atoms with Crippen molar-refractivity contribution in [3.8, 4) is 5.75 Å². The number of rotatable bonds is 5. The lowest BCUT2D eigenvalue weighted by atomic mass is 9.97. The topological polar surface area (TPSA) is 35.2 Å². The summed E-state index contributed by atoms with van der Waals surface area (Å²) < 4.78 is 33.2. The number of benzene rings is 2. The molecule has 0 amide bonds. The number of nitrogens with two attached hydrogens (primary N) is 1. The number of ether oxygens (including phenoxy) is 1. The lowest BCUT2D eigenvalue weighted by molar-refractivity contribution is 0.317. The smallest absolute Gasteiger partial charge is 0.128 e. The van der Waals surface area contributed by atoms with Crippen molar-refractivity contribution in [3.05, 3.63) is 64.7 Å². The van der Waals surface area contributed by atoms with Crippen LogP contribution in [0.3, 0.4) is 0 Å². The summed E-state index contributed by atoms with van der Waals surface area (Å²) in [7, 11) is 0. The van der Waals surface area contributed by atoms with Crippen molar-refractivity contribution in [2.24, 2.45) is 5.73 Å². The van der Waals surface area contributed by atoms with Gasteiger partial charge < -0.3 is 10.5 Å². The van der Waals surface area contributed by atoms with Gasteiger partial charge in [-0.2, -0.15) is 0 Å². The highest BCUT2D eigenvalue weighted by Crippen LogP contribution is 2.26. The van der Waals surface area contributed by atoms with Gasteiger partial charge in [-0.1, -0.05) is 19.1 Å². The molecule has 1 unspecified atom stereocenters. The molecular formula is C17H19F2NO. The van der Waals surface area contributed by atoms with E-state index in [1.54, 1.807) is 18.2 Å². The highest BCUT2D eigenvalue weighted by Gasteiger charge is 2.16. The molecule has 0 aliphatic heterocycles. The largest absolute Gasteiger partial charge is 0.494 e. The SMILES string of the molecule is CCCOc1cccc(C(N)c2cc(F)c(C)cc2F)c1. The fourth-order valence-corrected chi connectivity index (χ4v) is 2.10. The van der Waals surface area contributed by atoms with Crippen molar-refractivity contribution >= 4 is 0 Å². The molecule has 2 N–H and O–H groups in total. The van der Waals surface area contributed by atoms with Crippen LogP contribution < -0.4 is 10.5 Å². The Morgan fingerprint density at radius 3 is 2.62 bits per heavy atom. The fourth-order valence-electron chi connectivity index (χ4n) is 2.10. The predicted molar refractivity (Wildman–Crippen MR) is 79.4 cm³/mol. The minimum atomic E-state index is -0.731. The van der Waals surface area contributed by atoms with Gasteiger partial charge in [-0.3, -0.25) is 0 Å². The third-order valence-electron chi connectivity index (χ3n) is 3.30. The van der Waals surface area contributed by atoms with Crippen LogP contribution in [0, 0.1) is 18.6 Å². The molecule has 2 aromatic carbocycles. The van der Waals surface area contributed by atoms with Gasteiger partial charge in [0.1, 0.15) is 17.4 Å². The summed E-state index contributed by atoms with van der Waals surface area (Å²) in [5.41, 5.74) is 7.17.